The lowest BCUT2D eigenvalue weighted by molar-refractivity contribution is 0.262. The molecule has 0 unspecified atom stereocenters. The normalized spacial score (nSPS) is 11.8. The summed E-state index contributed by atoms with van der Waals surface area (Å²) in [4.78, 5) is 2.42. The third kappa shape index (κ3) is 4.46. The third-order valence-electron chi connectivity index (χ3n) is 2.28. The van der Waals surface area contributed by atoms with Crippen LogP contribution < -0.4 is 9.57 Å². The van der Waals surface area contributed by atoms with Crippen LogP contribution in [0, 0.1) is 0 Å². The molecule has 0 bridgehead atoms. The van der Waals surface area contributed by atoms with Crippen molar-refractivity contribution in [3.05, 3.63) is 23.8 Å². The van der Waals surface area contributed by atoms with Gasteiger partial charge in [-0.25, -0.2) is 13.4 Å². The standard InChI is InChI=1S/C12H20N2O4S/c1-4-7-18-12-6-5-11(8-10(12)9-15)19(16,17)13-14(2)3/h5-6,8,13,15H,4,7,9H2,1-3H3. The van der Waals surface area contributed by atoms with E-state index >= 15 is 0 Å². The fraction of sp³-hybridized carbons (Fsp3) is 0.500. The maximum absolute atomic E-state index is 12.0. The van der Waals surface area contributed by atoms with E-state index in [4.69, 9.17) is 4.74 Å². The molecule has 0 aromatic heterocycles. The van der Waals surface area contributed by atoms with Crippen LogP contribution in [0.4, 0.5) is 0 Å². The number of benzene rings is 1. The number of aliphatic hydroxyl groups excluding tert-OH is 1. The lowest BCUT2D eigenvalue weighted by Crippen LogP contribution is -2.36. The molecule has 0 aliphatic carbocycles. The fourth-order valence-corrected chi connectivity index (χ4v) is 2.62. The Bertz CT molecular complexity index is 514. The summed E-state index contributed by atoms with van der Waals surface area (Å²) in [5.74, 6) is 0.508. The monoisotopic (exact) mass is 288 g/mol. The van der Waals surface area contributed by atoms with Crippen LogP contribution in [0.25, 0.3) is 0 Å². The Morgan fingerprint density at radius 2 is 2.05 bits per heavy atom. The minimum atomic E-state index is -3.62. The summed E-state index contributed by atoms with van der Waals surface area (Å²) in [5, 5.41) is 10.6. The Hall–Kier alpha value is -1.15. The first kappa shape index (κ1) is 15.9. The van der Waals surface area contributed by atoms with Crippen molar-refractivity contribution in [2.45, 2.75) is 24.8 Å². The number of hydrogen-bond donors (Lipinski definition) is 2. The smallest absolute Gasteiger partial charge is 0.253 e. The van der Waals surface area contributed by atoms with Crippen LogP contribution >= 0.6 is 0 Å². The number of hydrazine groups is 1. The molecule has 6 nitrogen and oxygen atoms in total. The predicted molar refractivity (Wildman–Crippen MR) is 72.2 cm³/mol. The summed E-state index contributed by atoms with van der Waals surface area (Å²) in [6, 6.07) is 4.43. The van der Waals surface area contributed by atoms with Crippen LogP contribution in [0.1, 0.15) is 18.9 Å². The largest absolute Gasteiger partial charge is 0.493 e. The summed E-state index contributed by atoms with van der Waals surface area (Å²) in [6.45, 7) is 2.22. The zero-order valence-corrected chi connectivity index (χ0v) is 12.2. The number of nitrogens with one attached hydrogen (secondary N) is 1. The molecule has 0 spiro atoms. The molecule has 7 heteroatoms. The van der Waals surface area contributed by atoms with Crippen LogP contribution in [0.3, 0.4) is 0 Å². The van der Waals surface area contributed by atoms with Gasteiger partial charge in [0.25, 0.3) is 10.0 Å². The first-order valence-electron chi connectivity index (χ1n) is 5.97. The van der Waals surface area contributed by atoms with Crippen molar-refractivity contribution in [3.63, 3.8) is 0 Å². The zero-order valence-electron chi connectivity index (χ0n) is 11.4. The van der Waals surface area contributed by atoms with Crippen LogP contribution in [0.5, 0.6) is 5.75 Å². The number of ether oxygens (including phenoxy) is 1. The number of aliphatic hydroxyl groups is 1. The lowest BCUT2D eigenvalue weighted by atomic mass is 10.2. The quantitative estimate of drug-likeness (QED) is 0.723. The van der Waals surface area contributed by atoms with Gasteiger partial charge in [0.05, 0.1) is 18.1 Å². The van der Waals surface area contributed by atoms with Gasteiger partial charge in [-0.3, -0.25) is 0 Å². The van der Waals surface area contributed by atoms with Gasteiger partial charge in [-0.2, -0.15) is 0 Å². The molecule has 0 amide bonds. The Balaban J connectivity index is 3.06. The second kappa shape index (κ2) is 6.85. The summed E-state index contributed by atoms with van der Waals surface area (Å²) in [5.41, 5.74) is 0.454. The molecule has 0 saturated heterocycles. The van der Waals surface area contributed by atoms with Gasteiger partial charge >= 0.3 is 0 Å². The molecule has 0 fully saturated rings. The molecule has 0 saturated carbocycles. The van der Waals surface area contributed by atoms with Gasteiger partial charge in [-0.05, 0) is 24.6 Å². The Morgan fingerprint density at radius 3 is 2.58 bits per heavy atom. The molecule has 108 valence electrons. The highest BCUT2D eigenvalue weighted by atomic mass is 32.2. The highest BCUT2D eigenvalue weighted by molar-refractivity contribution is 7.89. The van der Waals surface area contributed by atoms with Crippen LogP contribution in [0.15, 0.2) is 23.1 Å². The molecule has 0 aliphatic rings. The van der Waals surface area contributed by atoms with Crippen LogP contribution in [0.2, 0.25) is 0 Å². The lowest BCUT2D eigenvalue weighted by Gasteiger charge is -2.14. The van der Waals surface area contributed by atoms with E-state index in [1.165, 1.54) is 17.1 Å². The molecule has 0 heterocycles. The van der Waals surface area contributed by atoms with Gasteiger partial charge in [0, 0.05) is 19.7 Å². The van der Waals surface area contributed by atoms with Crippen molar-refractivity contribution >= 4 is 10.0 Å². The number of nitrogens with zero attached hydrogens (tertiary/aromatic N) is 1. The van der Waals surface area contributed by atoms with Gasteiger partial charge in [0.2, 0.25) is 0 Å². The first-order valence-corrected chi connectivity index (χ1v) is 7.45. The molecule has 1 rings (SSSR count). The Morgan fingerprint density at radius 1 is 1.37 bits per heavy atom. The summed E-state index contributed by atoms with van der Waals surface area (Å²) in [7, 11) is -0.447. The highest BCUT2D eigenvalue weighted by Crippen LogP contribution is 2.23. The van der Waals surface area contributed by atoms with E-state index in [9.17, 15) is 13.5 Å². The maximum atomic E-state index is 12.0. The number of hydrogen-bond acceptors (Lipinski definition) is 5. The SMILES string of the molecule is CCCOc1ccc(S(=O)(=O)NN(C)C)cc1CO. The molecule has 1 aromatic carbocycles. The van der Waals surface area contributed by atoms with Crippen molar-refractivity contribution in [3.8, 4) is 5.75 Å². The fourth-order valence-electron chi connectivity index (χ4n) is 1.49. The van der Waals surface area contributed by atoms with Crippen molar-refractivity contribution in [1.82, 2.24) is 9.84 Å². The molecular weight excluding hydrogens is 268 g/mol. The topological polar surface area (TPSA) is 78.9 Å². The van der Waals surface area contributed by atoms with E-state index in [0.717, 1.165) is 6.42 Å². The van der Waals surface area contributed by atoms with Gasteiger partial charge in [0.1, 0.15) is 5.75 Å². The van der Waals surface area contributed by atoms with E-state index < -0.39 is 10.0 Å². The Kier molecular flexibility index (Phi) is 5.74. The molecular formula is C12H20N2O4S. The average Bonchev–Trinajstić information content (AvgIpc) is 2.34. The van der Waals surface area contributed by atoms with Crippen LogP contribution in [-0.2, 0) is 16.6 Å². The third-order valence-corrected chi connectivity index (χ3v) is 3.76. The van der Waals surface area contributed by atoms with Crippen molar-refractivity contribution in [2.24, 2.45) is 0 Å². The first-order chi connectivity index (χ1) is 8.90. The van der Waals surface area contributed by atoms with E-state index in [-0.39, 0.29) is 11.5 Å². The molecule has 0 atom stereocenters. The minimum absolute atomic E-state index is 0.0918. The second-order valence-corrected chi connectivity index (χ2v) is 5.93. The van der Waals surface area contributed by atoms with Gasteiger partial charge in [0.15, 0.2) is 0 Å². The zero-order chi connectivity index (χ0) is 14.5. The van der Waals surface area contributed by atoms with Crippen molar-refractivity contribution in [1.29, 1.82) is 0 Å². The van der Waals surface area contributed by atoms with E-state index in [0.29, 0.717) is 17.9 Å². The number of sulfonamides is 1. The average molecular weight is 288 g/mol. The molecule has 2 N–H and O–H groups in total. The van der Waals surface area contributed by atoms with E-state index in [1.807, 2.05) is 6.92 Å². The summed E-state index contributed by atoms with van der Waals surface area (Å²) in [6.07, 6.45) is 0.840. The number of rotatable bonds is 7. The van der Waals surface area contributed by atoms with E-state index in [2.05, 4.69) is 4.83 Å². The molecule has 19 heavy (non-hydrogen) atoms. The highest BCUT2D eigenvalue weighted by Gasteiger charge is 2.17. The van der Waals surface area contributed by atoms with Crippen molar-refractivity contribution < 1.29 is 18.3 Å². The van der Waals surface area contributed by atoms with Gasteiger partial charge < -0.3 is 9.84 Å². The predicted octanol–water partition coefficient (Wildman–Crippen LogP) is 0.723. The van der Waals surface area contributed by atoms with Crippen molar-refractivity contribution in [2.75, 3.05) is 20.7 Å². The molecule has 1 aromatic rings. The minimum Gasteiger partial charge on any atom is -0.493 e. The maximum Gasteiger partial charge on any atom is 0.253 e. The summed E-state index contributed by atoms with van der Waals surface area (Å²) >= 11 is 0. The van der Waals surface area contributed by atoms with Gasteiger partial charge in [-0.15, -0.1) is 4.83 Å². The second-order valence-electron chi connectivity index (χ2n) is 4.27. The summed E-state index contributed by atoms with van der Waals surface area (Å²) < 4.78 is 29.4. The van der Waals surface area contributed by atoms with E-state index in [1.54, 1.807) is 20.2 Å². The van der Waals surface area contributed by atoms with Crippen LogP contribution in [-0.4, -0.2) is 39.2 Å². The Labute approximate surface area is 114 Å². The molecule has 0 aliphatic heterocycles. The molecule has 0 radical (unpaired) electrons. The van der Waals surface area contributed by atoms with Gasteiger partial charge in [-0.1, -0.05) is 6.92 Å².